The van der Waals surface area contributed by atoms with Gasteiger partial charge in [0.25, 0.3) is 0 Å². The van der Waals surface area contributed by atoms with Gasteiger partial charge in [0.15, 0.2) is 0 Å². The number of unbranched alkanes of at least 4 members (excludes halogenated alkanes) is 1. The van der Waals surface area contributed by atoms with E-state index in [-0.39, 0.29) is 24.4 Å². The van der Waals surface area contributed by atoms with Crippen molar-refractivity contribution in [2.24, 2.45) is 17.6 Å². The number of carbonyl (C=O) groups excluding carboxylic acids is 1. The number of hydrogen-bond acceptors (Lipinski definition) is 5. The second kappa shape index (κ2) is 13.3. The molecule has 3 N–H and O–H groups in total. The summed E-state index contributed by atoms with van der Waals surface area (Å²) in [6.07, 6.45) is 6.56. The van der Waals surface area contributed by atoms with E-state index in [1.165, 1.54) is 0 Å². The number of amides is 1. The molecule has 0 aliphatic carbocycles. The molecule has 7 heteroatoms. The Bertz CT molecular complexity index is 837. The third kappa shape index (κ3) is 6.98. The van der Waals surface area contributed by atoms with Gasteiger partial charge >= 0.3 is 5.97 Å². The number of nitrogens with zero attached hydrogens (tertiary/aromatic N) is 2. The number of rotatable bonds is 14. The molecule has 1 saturated heterocycles. The lowest BCUT2D eigenvalue weighted by molar-refractivity contribution is -0.144. The Labute approximate surface area is 211 Å². The molecule has 1 fully saturated rings. The van der Waals surface area contributed by atoms with Gasteiger partial charge in [-0.1, -0.05) is 52.2 Å². The highest BCUT2D eigenvalue weighted by molar-refractivity contribution is 5.79. The van der Waals surface area contributed by atoms with E-state index in [0.29, 0.717) is 32.2 Å². The van der Waals surface area contributed by atoms with Crippen LogP contribution in [0, 0.1) is 11.8 Å². The maximum absolute atomic E-state index is 13.4. The van der Waals surface area contributed by atoms with E-state index in [2.05, 4.69) is 31.7 Å². The molecule has 2 heterocycles. The van der Waals surface area contributed by atoms with Gasteiger partial charge in [-0.05, 0) is 48.9 Å². The summed E-state index contributed by atoms with van der Waals surface area (Å²) < 4.78 is 5.67. The van der Waals surface area contributed by atoms with Crippen LogP contribution in [-0.2, 0) is 16.0 Å². The van der Waals surface area contributed by atoms with Crippen LogP contribution in [0.5, 0.6) is 5.75 Å². The first-order valence-corrected chi connectivity index (χ1v) is 13.6. The molecular weight excluding hydrogens is 442 g/mol. The topological polar surface area (TPSA) is 96.1 Å². The molecule has 0 bridgehead atoms. The Morgan fingerprint density at radius 2 is 2.00 bits per heavy atom. The predicted molar refractivity (Wildman–Crippen MR) is 139 cm³/mol. The minimum absolute atomic E-state index is 0.0900. The summed E-state index contributed by atoms with van der Waals surface area (Å²) in [5, 5.41) is 10.4. The van der Waals surface area contributed by atoms with Crippen LogP contribution in [0.1, 0.15) is 76.3 Å². The van der Waals surface area contributed by atoms with Gasteiger partial charge in [-0.3, -0.25) is 14.5 Å². The van der Waals surface area contributed by atoms with Crippen molar-refractivity contribution in [3.05, 3.63) is 29.3 Å². The molecular formula is C28H45N3O4. The fourth-order valence-electron chi connectivity index (χ4n) is 5.85. The van der Waals surface area contributed by atoms with Crippen molar-refractivity contribution < 1.29 is 19.4 Å². The van der Waals surface area contributed by atoms with E-state index in [0.717, 1.165) is 68.4 Å². The van der Waals surface area contributed by atoms with Crippen LogP contribution in [0.2, 0.25) is 0 Å². The van der Waals surface area contributed by atoms with Gasteiger partial charge in [0.1, 0.15) is 5.75 Å². The Balaban J connectivity index is 1.86. The normalized spacial score (nSPS) is 22.6. The van der Waals surface area contributed by atoms with E-state index >= 15 is 0 Å². The Morgan fingerprint density at radius 1 is 1.23 bits per heavy atom. The minimum Gasteiger partial charge on any atom is -0.493 e. The van der Waals surface area contributed by atoms with Crippen LogP contribution in [0.4, 0.5) is 0 Å². The number of carboxylic acids is 1. The number of carbonyl (C=O) groups is 2. The van der Waals surface area contributed by atoms with Gasteiger partial charge in [-0.25, -0.2) is 0 Å². The van der Waals surface area contributed by atoms with Gasteiger partial charge < -0.3 is 20.5 Å². The summed E-state index contributed by atoms with van der Waals surface area (Å²) in [6.45, 7) is 9.99. The fourth-order valence-corrected chi connectivity index (χ4v) is 5.85. The minimum atomic E-state index is -0.763. The SMILES string of the molecule is CCCCN(CCCN)C(=O)CN1C[C@H](c2ccc3c(c2)CCO3)C(C(=O)O)[C@@H]1CC(C)CCC. The van der Waals surface area contributed by atoms with Crippen LogP contribution in [0.3, 0.4) is 0 Å². The number of benzene rings is 1. The first-order valence-electron chi connectivity index (χ1n) is 13.6. The van der Waals surface area contributed by atoms with Crippen molar-refractivity contribution in [1.29, 1.82) is 0 Å². The van der Waals surface area contributed by atoms with Crippen LogP contribution in [0.15, 0.2) is 18.2 Å². The molecule has 1 aromatic rings. The third-order valence-corrected chi connectivity index (χ3v) is 7.71. The van der Waals surface area contributed by atoms with Crippen LogP contribution in [0.25, 0.3) is 0 Å². The molecule has 1 amide bonds. The zero-order valence-electron chi connectivity index (χ0n) is 21.9. The monoisotopic (exact) mass is 487 g/mol. The standard InChI is InChI=1S/C28H45N3O4/c1-4-6-13-30(14-7-12-29)26(32)19-31-18-23(21-9-10-25-22(17-21)11-15-35-25)27(28(33)34)24(31)16-20(3)8-5-2/h9-10,17,20,23-24,27H,4-8,11-16,18-19,29H2,1-3H3,(H,33,34)/t20?,23-,24+,27?/m1/s1. The lowest BCUT2D eigenvalue weighted by Crippen LogP contribution is -2.45. The molecule has 2 aliphatic heterocycles. The summed E-state index contributed by atoms with van der Waals surface area (Å²) in [5.41, 5.74) is 7.93. The molecule has 3 rings (SSSR count). The second-order valence-electron chi connectivity index (χ2n) is 10.4. The Kier molecular flexibility index (Phi) is 10.4. The number of hydrogen-bond donors (Lipinski definition) is 2. The quantitative estimate of drug-likeness (QED) is 0.413. The number of fused-ring (bicyclic) bond motifs is 1. The predicted octanol–water partition coefficient (Wildman–Crippen LogP) is 3.89. The van der Waals surface area contributed by atoms with Gasteiger partial charge in [-0.15, -0.1) is 0 Å². The molecule has 2 unspecified atom stereocenters. The van der Waals surface area contributed by atoms with E-state index < -0.39 is 11.9 Å². The average Bonchev–Trinajstić information content (AvgIpc) is 3.43. The summed E-state index contributed by atoms with van der Waals surface area (Å²) in [4.78, 5) is 30.2. The second-order valence-corrected chi connectivity index (χ2v) is 10.4. The molecule has 35 heavy (non-hydrogen) atoms. The largest absolute Gasteiger partial charge is 0.493 e. The number of carboxylic acid groups (broad SMARTS) is 1. The highest BCUT2D eigenvalue weighted by Crippen LogP contribution is 2.42. The van der Waals surface area contributed by atoms with E-state index in [1.54, 1.807) is 0 Å². The Hall–Kier alpha value is -2.12. The first-order chi connectivity index (χ1) is 16.9. The van der Waals surface area contributed by atoms with Crippen molar-refractivity contribution in [1.82, 2.24) is 9.80 Å². The maximum Gasteiger partial charge on any atom is 0.308 e. The number of ether oxygens (including phenoxy) is 1. The van der Waals surface area contributed by atoms with Crippen molar-refractivity contribution in [3.8, 4) is 5.75 Å². The summed E-state index contributed by atoms with van der Waals surface area (Å²) in [6, 6.07) is 5.99. The molecule has 0 radical (unpaired) electrons. The van der Waals surface area contributed by atoms with Crippen LogP contribution in [-0.4, -0.2) is 72.2 Å². The molecule has 2 aliphatic rings. The van der Waals surface area contributed by atoms with Crippen LogP contribution >= 0.6 is 0 Å². The highest BCUT2D eigenvalue weighted by Gasteiger charge is 2.47. The van der Waals surface area contributed by atoms with Gasteiger partial charge in [0.05, 0.1) is 19.1 Å². The lowest BCUT2D eigenvalue weighted by atomic mass is 9.81. The third-order valence-electron chi connectivity index (χ3n) is 7.71. The van der Waals surface area contributed by atoms with Crippen molar-refractivity contribution in [2.45, 2.75) is 77.7 Å². The lowest BCUT2D eigenvalue weighted by Gasteiger charge is -2.31. The number of likely N-dealkylation sites (tertiary alicyclic amines) is 1. The summed E-state index contributed by atoms with van der Waals surface area (Å²) in [7, 11) is 0. The molecule has 4 atom stereocenters. The number of nitrogens with two attached hydrogens (primary N) is 1. The van der Waals surface area contributed by atoms with Crippen molar-refractivity contribution in [3.63, 3.8) is 0 Å². The average molecular weight is 488 g/mol. The van der Waals surface area contributed by atoms with E-state index in [4.69, 9.17) is 10.5 Å². The maximum atomic E-state index is 13.4. The van der Waals surface area contributed by atoms with Crippen molar-refractivity contribution >= 4 is 11.9 Å². The number of aliphatic carboxylic acids is 1. The zero-order valence-corrected chi connectivity index (χ0v) is 21.9. The molecule has 196 valence electrons. The molecule has 0 aromatic heterocycles. The van der Waals surface area contributed by atoms with Gasteiger partial charge in [-0.2, -0.15) is 0 Å². The zero-order chi connectivity index (χ0) is 25.4. The highest BCUT2D eigenvalue weighted by atomic mass is 16.5. The van der Waals surface area contributed by atoms with Crippen molar-refractivity contribution in [2.75, 3.05) is 39.3 Å². The van der Waals surface area contributed by atoms with Gasteiger partial charge in [0, 0.05) is 38.0 Å². The molecule has 0 saturated carbocycles. The Morgan fingerprint density at radius 3 is 2.69 bits per heavy atom. The van der Waals surface area contributed by atoms with E-state index in [1.807, 2.05) is 17.0 Å². The molecule has 0 spiro atoms. The van der Waals surface area contributed by atoms with Crippen LogP contribution < -0.4 is 10.5 Å². The summed E-state index contributed by atoms with van der Waals surface area (Å²) >= 11 is 0. The fraction of sp³-hybridized carbons (Fsp3) is 0.714. The van der Waals surface area contributed by atoms with Gasteiger partial charge in [0.2, 0.25) is 5.91 Å². The molecule has 1 aromatic carbocycles. The summed E-state index contributed by atoms with van der Waals surface area (Å²) in [5.74, 6) is -0.0300. The van der Waals surface area contributed by atoms with E-state index in [9.17, 15) is 14.7 Å². The molecule has 7 nitrogen and oxygen atoms in total. The first kappa shape index (κ1) is 27.5. The smallest absolute Gasteiger partial charge is 0.308 e.